The van der Waals surface area contributed by atoms with Crippen molar-refractivity contribution in [2.75, 3.05) is 0 Å². The molecule has 0 aliphatic carbocycles. The molecule has 1 atom stereocenters. The van der Waals surface area contributed by atoms with Crippen molar-refractivity contribution in [3.63, 3.8) is 0 Å². The second kappa shape index (κ2) is 6.20. The van der Waals surface area contributed by atoms with Crippen LogP contribution in [0.4, 0.5) is 0 Å². The predicted octanol–water partition coefficient (Wildman–Crippen LogP) is 0.393. The molecular weight excluding hydrogens is 246 g/mol. The van der Waals surface area contributed by atoms with Gasteiger partial charge in [-0.1, -0.05) is 27.4 Å². The van der Waals surface area contributed by atoms with Gasteiger partial charge in [0.1, 0.15) is 0 Å². The van der Waals surface area contributed by atoms with Crippen molar-refractivity contribution in [1.82, 2.24) is 5.32 Å². The van der Waals surface area contributed by atoms with E-state index in [9.17, 15) is 13.2 Å². The van der Waals surface area contributed by atoms with Gasteiger partial charge in [-0.2, -0.15) is 8.42 Å². The van der Waals surface area contributed by atoms with Crippen LogP contribution in [0.2, 0.25) is 0 Å². The van der Waals surface area contributed by atoms with Crippen LogP contribution < -0.4 is 5.32 Å². The van der Waals surface area contributed by atoms with E-state index in [4.69, 9.17) is 4.55 Å². The summed E-state index contributed by atoms with van der Waals surface area (Å²) in [6.45, 7) is 7.97. The van der Waals surface area contributed by atoms with Crippen molar-refractivity contribution in [2.24, 2.45) is 5.41 Å². The molecule has 2 N–H and O–H groups in total. The summed E-state index contributed by atoms with van der Waals surface area (Å²) in [5.41, 5.74) is -0.785. The van der Waals surface area contributed by atoms with Gasteiger partial charge < -0.3 is 8.17 Å². The van der Waals surface area contributed by atoms with Crippen LogP contribution in [0.1, 0.15) is 23.6 Å². The first-order valence-electron chi connectivity index (χ1n) is 3.98. The third kappa shape index (κ3) is 6.52. The fourth-order valence-electron chi connectivity index (χ4n) is 0.926. The van der Waals surface area contributed by atoms with Crippen molar-refractivity contribution < 1.29 is 20.6 Å². The topological polar surface area (TPSA) is 83.5 Å². The van der Waals surface area contributed by atoms with Crippen LogP contribution in [-0.4, -0.2) is 62.0 Å². The molecule has 15 heavy (non-hydrogen) atoms. The number of carbonyl (C=O) groups is 1. The summed E-state index contributed by atoms with van der Waals surface area (Å²) >= 11 is 0. The Balaban J connectivity index is -0.000000282. The quantitative estimate of drug-likeness (QED) is 0.438. The standard InChI is InChI=1S/C8H15NO4S.Ca.2H/c1-5-6(10)9-7(8(2,3)4)14(11,12)13;;;/h5,7H,1H2,2-4H3,(H,9,10)(H,11,12,13);;;/q;+2;2*-1. The zero-order valence-electron chi connectivity index (χ0n) is 11.1. The largest absolute Gasteiger partial charge is 2.00 e. The molecule has 7 heteroatoms. The van der Waals surface area contributed by atoms with Gasteiger partial charge in [0.2, 0.25) is 5.91 Å². The Morgan fingerprint density at radius 2 is 1.93 bits per heavy atom. The average molecular weight is 263 g/mol. The Morgan fingerprint density at radius 3 is 2.13 bits per heavy atom. The number of hydrogen-bond donors (Lipinski definition) is 2. The van der Waals surface area contributed by atoms with Crippen LogP contribution in [-0.2, 0) is 14.9 Å². The van der Waals surface area contributed by atoms with E-state index in [0.717, 1.165) is 6.08 Å². The fourth-order valence-corrected chi connectivity index (χ4v) is 2.08. The first kappa shape index (κ1) is 17.8. The maximum Gasteiger partial charge on any atom is 2.00 e. The first-order chi connectivity index (χ1) is 6.09. The average Bonchev–Trinajstić information content (AvgIpc) is 1.95. The normalized spacial score (nSPS) is 13.6. The van der Waals surface area contributed by atoms with Crippen LogP contribution in [0, 0.1) is 5.41 Å². The summed E-state index contributed by atoms with van der Waals surface area (Å²) in [5.74, 6) is -0.637. The van der Waals surface area contributed by atoms with Crippen molar-refractivity contribution in [2.45, 2.75) is 26.1 Å². The maximum absolute atomic E-state index is 10.9. The van der Waals surface area contributed by atoms with Gasteiger partial charge in [-0.3, -0.25) is 9.35 Å². The predicted molar refractivity (Wildman–Crippen MR) is 61.1 cm³/mol. The Morgan fingerprint density at radius 1 is 1.53 bits per heavy atom. The van der Waals surface area contributed by atoms with Gasteiger partial charge in [0.25, 0.3) is 10.1 Å². The van der Waals surface area contributed by atoms with Gasteiger partial charge in [0, 0.05) is 0 Å². The molecule has 5 nitrogen and oxygen atoms in total. The van der Waals surface area contributed by atoms with E-state index in [1.165, 1.54) is 0 Å². The molecule has 0 aliphatic rings. The molecule has 1 amide bonds. The van der Waals surface area contributed by atoms with E-state index in [0.29, 0.717) is 0 Å². The minimum atomic E-state index is -4.31. The van der Waals surface area contributed by atoms with Gasteiger partial charge in [0.05, 0.1) is 0 Å². The second-order valence-corrected chi connectivity index (χ2v) is 5.48. The summed E-state index contributed by atoms with van der Waals surface area (Å²) in [5, 5.41) is 0.819. The molecule has 0 saturated carbocycles. The summed E-state index contributed by atoms with van der Waals surface area (Å²) in [4.78, 5) is 10.9. The van der Waals surface area contributed by atoms with Crippen LogP contribution >= 0.6 is 0 Å². The molecule has 0 spiro atoms. The number of nitrogens with one attached hydrogen (secondary N) is 1. The van der Waals surface area contributed by atoms with E-state index in [2.05, 4.69) is 11.9 Å². The van der Waals surface area contributed by atoms with Crippen LogP contribution in [0.3, 0.4) is 0 Å². The molecule has 0 rings (SSSR count). The number of amides is 1. The zero-order chi connectivity index (χ0) is 11.6. The Hall–Kier alpha value is 0.380. The molecule has 0 aromatic rings. The summed E-state index contributed by atoms with van der Waals surface area (Å²) < 4.78 is 30.8. The van der Waals surface area contributed by atoms with E-state index in [1.54, 1.807) is 20.8 Å². The number of hydrogen-bond acceptors (Lipinski definition) is 3. The SMILES string of the molecule is C=CC(=O)NC(C(C)(C)C)S(=O)(=O)O.[Ca+2].[H-].[H-]. The van der Waals surface area contributed by atoms with E-state index < -0.39 is 26.8 Å². The summed E-state index contributed by atoms with van der Waals surface area (Å²) in [6, 6.07) is 0. The zero-order valence-corrected chi connectivity index (χ0v) is 12.2. The molecule has 0 fully saturated rings. The third-order valence-corrected chi connectivity index (χ3v) is 2.96. The molecule has 0 aliphatic heterocycles. The summed E-state index contributed by atoms with van der Waals surface area (Å²) in [6.07, 6.45) is 0.948. The van der Waals surface area contributed by atoms with Gasteiger partial charge in [0.15, 0.2) is 5.37 Å². The van der Waals surface area contributed by atoms with Gasteiger partial charge in [-0.05, 0) is 11.5 Å². The maximum atomic E-state index is 10.9. The minimum Gasteiger partial charge on any atom is -1.00 e. The Bertz CT molecular complexity index is 340. The molecule has 1 unspecified atom stereocenters. The minimum absolute atomic E-state index is 0. The van der Waals surface area contributed by atoms with E-state index in [-0.39, 0.29) is 40.6 Å². The molecule has 0 aromatic carbocycles. The molecule has 0 bridgehead atoms. The van der Waals surface area contributed by atoms with Gasteiger partial charge >= 0.3 is 37.7 Å². The monoisotopic (exact) mass is 263 g/mol. The fraction of sp³-hybridized carbons (Fsp3) is 0.625. The molecule has 86 valence electrons. The first-order valence-corrected chi connectivity index (χ1v) is 5.48. The number of rotatable bonds is 3. The van der Waals surface area contributed by atoms with Crippen molar-refractivity contribution in [3.05, 3.63) is 12.7 Å². The van der Waals surface area contributed by atoms with E-state index in [1.807, 2.05) is 0 Å². The van der Waals surface area contributed by atoms with Crippen LogP contribution in [0.25, 0.3) is 0 Å². The smallest absolute Gasteiger partial charge is 1.00 e. The molecule has 0 aromatic heterocycles. The number of carbonyl (C=O) groups excluding carboxylic acids is 1. The molecular formula is C8H17CaNO4S. The molecule has 0 heterocycles. The van der Waals surface area contributed by atoms with Crippen molar-refractivity contribution in [1.29, 1.82) is 0 Å². The Kier molecular flexibility index (Phi) is 7.34. The van der Waals surface area contributed by atoms with Gasteiger partial charge in [-0.25, -0.2) is 0 Å². The van der Waals surface area contributed by atoms with E-state index >= 15 is 0 Å². The molecule has 0 radical (unpaired) electrons. The van der Waals surface area contributed by atoms with Crippen LogP contribution in [0.5, 0.6) is 0 Å². The summed E-state index contributed by atoms with van der Waals surface area (Å²) in [7, 11) is -4.31. The van der Waals surface area contributed by atoms with Gasteiger partial charge in [-0.15, -0.1) is 0 Å². The molecule has 0 saturated heterocycles. The Labute approximate surface area is 123 Å². The second-order valence-electron chi connectivity index (χ2n) is 3.97. The van der Waals surface area contributed by atoms with Crippen molar-refractivity contribution in [3.8, 4) is 0 Å². The van der Waals surface area contributed by atoms with Crippen molar-refractivity contribution >= 4 is 53.8 Å². The third-order valence-electron chi connectivity index (χ3n) is 1.54. The van der Waals surface area contributed by atoms with Crippen LogP contribution in [0.15, 0.2) is 12.7 Å².